The number of thioether (sulfide) groups is 1. The van der Waals surface area contributed by atoms with E-state index >= 15 is 0 Å². The normalized spacial score (nSPS) is 16.4. The third-order valence-corrected chi connectivity index (χ3v) is 6.11. The smallest absolute Gasteiger partial charge is 0.255 e. The van der Waals surface area contributed by atoms with Crippen LogP contribution in [-0.2, 0) is 6.42 Å². The molecule has 0 saturated carbocycles. The zero-order valence-corrected chi connectivity index (χ0v) is 17.1. The van der Waals surface area contributed by atoms with Crippen molar-refractivity contribution in [2.24, 2.45) is 0 Å². The number of aryl methyl sites for hydroxylation is 1. The molecule has 1 atom stereocenters. The molecule has 0 spiro atoms. The van der Waals surface area contributed by atoms with Crippen molar-refractivity contribution in [3.8, 4) is 11.5 Å². The highest BCUT2D eigenvalue weighted by Crippen LogP contribution is 2.45. The molecule has 1 fully saturated rings. The Balaban J connectivity index is 1.83. The number of benzene rings is 2. The summed E-state index contributed by atoms with van der Waals surface area (Å²) in [5.74, 6) is 2.37. The van der Waals surface area contributed by atoms with Gasteiger partial charge in [0.25, 0.3) is 5.91 Å². The van der Waals surface area contributed by atoms with E-state index in [1.54, 1.807) is 26.0 Å². The molecular weight excluding hydrogens is 358 g/mol. The number of hydrogen-bond acceptors (Lipinski definition) is 4. The van der Waals surface area contributed by atoms with Gasteiger partial charge in [0.1, 0.15) is 5.37 Å². The summed E-state index contributed by atoms with van der Waals surface area (Å²) < 4.78 is 11.0. The van der Waals surface area contributed by atoms with Gasteiger partial charge in [-0.15, -0.1) is 11.8 Å². The van der Waals surface area contributed by atoms with Crippen LogP contribution in [0.1, 0.15) is 46.6 Å². The van der Waals surface area contributed by atoms with E-state index in [1.807, 2.05) is 35.2 Å². The van der Waals surface area contributed by atoms with Crippen LogP contribution in [0.2, 0.25) is 0 Å². The van der Waals surface area contributed by atoms with E-state index in [0.717, 1.165) is 29.8 Å². The van der Waals surface area contributed by atoms with Crippen LogP contribution >= 0.6 is 11.8 Å². The predicted molar refractivity (Wildman–Crippen MR) is 111 cm³/mol. The van der Waals surface area contributed by atoms with Crippen molar-refractivity contribution in [1.82, 2.24) is 4.90 Å². The van der Waals surface area contributed by atoms with Crippen molar-refractivity contribution in [2.75, 3.05) is 26.5 Å². The molecule has 0 N–H and O–H groups in total. The van der Waals surface area contributed by atoms with Crippen LogP contribution in [0.15, 0.2) is 42.5 Å². The second-order valence-electron chi connectivity index (χ2n) is 6.60. The quantitative estimate of drug-likeness (QED) is 0.677. The average Bonchev–Trinajstić information content (AvgIpc) is 3.21. The Morgan fingerprint density at radius 3 is 2.59 bits per heavy atom. The summed E-state index contributed by atoms with van der Waals surface area (Å²) in [7, 11) is 3.27. The Morgan fingerprint density at radius 2 is 1.93 bits per heavy atom. The maximum absolute atomic E-state index is 13.2. The Hall–Kier alpha value is -2.14. The van der Waals surface area contributed by atoms with Gasteiger partial charge >= 0.3 is 0 Å². The van der Waals surface area contributed by atoms with Gasteiger partial charge in [-0.1, -0.05) is 37.6 Å². The largest absolute Gasteiger partial charge is 0.493 e. The summed E-state index contributed by atoms with van der Waals surface area (Å²) >= 11 is 1.76. The van der Waals surface area contributed by atoms with E-state index in [4.69, 9.17) is 9.47 Å². The van der Waals surface area contributed by atoms with E-state index in [2.05, 4.69) is 19.1 Å². The minimum absolute atomic E-state index is 0.0666. The topological polar surface area (TPSA) is 38.8 Å². The van der Waals surface area contributed by atoms with Crippen LogP contribution in [0.4, 0.5) is 0 Å². The number of para-hydroxylation sites is 1. The second kappa shape index (κ2) is 9.18. The zero-order chi connectivity index (χ0) is 19.2. The number of hydrogen-bond donors (Lipinski definition) is 0. The monoisotopic (exact) mass is 385 g/mol. The third-order valence-electron chi connectivity index (χ3n) is 4.87. The lowest BCUT2D eigenvalue weighted by atomic mass is 10.1. The van der Waals surface area contributed by atoms with Crippen molar-refractivity contribution >= 4 is 17.7 Å². The summed E-state index contributed by atoms with van der Waals surface area (Å²) in [6, 6.07) is 13.9. The molecule has 4 nitrogen and oxygen atoms in total. The third kappa shape index (κ3) is 4.24. The standard InChI is InChI=1S/C22H27NO3S/c1-4-5-7-16-10-12-17(13-11-16)21(24)23-14-15-27-22(23)18-8-6-9-19(25-2)20(18)26-3/h6,8-13,22H,4-5,7,14-15H2,1-3H3/t22-/m0/s1. The molecule has 5 heteroatoms. The molecule has 27 heavy (non-hydrogen) atoms. The highest BCUT2D eigenvalue weighted by atomic mass is 32.2. The number of unbranched alkanes of at least 4 members (excludes halogenated alkanes) is 1. The van der Waals surface area contributed by atoms with Crippen molar-refractivity contribution in [1.29, 1.82) is 0 Å². The second-order valence-corrected chi connectivity index (χ2v) is 7.79. The van der Waals surface area contributed by atoms with Gasteiger partial charge in [-0.25, -0.2) is 0 Å². The molecule has 1 saturated heterocycles. The van der Waals surface area contributed by atoms with Gasteiger partial charge in [0.15, 0.2) is 11.5 Å². The molecule has 144 valence electrons. The molecule has 2 aromatic carbocycles. The first-order valence-electron chi connectivity index (χ1n) is 9.42. The molecule has 1 heterocycles. The molecule has 2 aromatic rings. The van der Waals surface area contributed by atoms with Crippen LogP contribution < -0.4 is 9.47 Å². The molecule has 1 amide bonds. The molecule has 1 aliphatic heterocycles. The van der Waals surface area contributed by atoms with Crippen molar-refractivity contribution < 1.29 is 14.3 Å². The molecule has 3 rings (SSSR count). The van der Waals surface area contributed by atoms with Gasteiger partial charge in [-0.2, -0.15) is 0 Å². The summed E-state index contributed by atoms with van der Waals surface area (Å²) in [4.78, 5) is 15.1. The maximum Gasteiger partial charge on any atom is 0.255 e. The summed E-state index contributed by atoms with van der Waals surface area (Å²) in [5.41, 5.74) is 3.01. The summed E-state index contributed by atoms with van der Waals surface area (Å²) in [5, 5.41) is -0.0673. The van der Waals surface area contributed by atoms with E-state index in [9.17, 15) is 4.79 Å². The molecule has 0 radical (unpaired) electrons. The van der Waals surface area contributed by atoms with Gasteiger partial charge in [0.2, 0.25) is 0 Å². The van der Waals surface area contributed by atoms with E-state index < -0.39 is 0 Å². The first kappa shape index (κ1) is 19.6. The zero-order valence-electron chi connectivity index (χ0n) is 16.2. The molecule has 0 aromatic heterocycles. The number of carbonyl (C=O) groups excluding carboxylic acids is 1. The van der Waals surface area contributed by atoms with E-state index in [0.29, 0.717) is 11.5 Å². The maximum atomic E-state index is 13.2. The van der Waals surface area contributed by atoms with Crippen molar-refractivity contribution in [3.63, 3.8) is 0 Å². The minimum Gasteiger partial charge on any atom is -0.493 e. The lowest BCUT2D eigenvalue weighted by molar-refractivity contribution is 0.0759. The fraction of sp³-hybridized carbons (Fsp3) is 0.409. The number of rotatable bonds is 7. The van der Waals surface area contributed by atoms with Gasteiger partial charge in [-0.05, 0) is 36.6 Å². The highest BCUT2D eigenvalue weighted by molar-refractivity contribution is 7.99. The van der Waals surface area contributed by atoms with Crippen molar-refractivity contribution in [3.05, 3.63) is 59.2 Å². The SMILES string of the molecule is CCCCc1ccc(C(=O)N2CCS[C@H]2c2cccc(OC)c2OC)cc1. The minimum atomic E-state index is -0.0673. The number of methoxy groups -OCH3 is 2. The highest BCUT2D eigenvalue weighted by Gasteiger charge is 2.33. The molecule has 0 aliphatic carbocycles. The Kier molecular flexibility index (Phi) is 6.67. The number of ether oxygens (including phenoxy) is 2. The Morgan fingerprint density at radius 1 is 1.15 bits per heavy atom. The molecule has 0 unspecified atom stereocenters. The van der Waals surface area contributed by atoms with E-state index in [-0.39, 0.29) is 11.3 Å². The first-order chi connectivity index (χ1) is 13.2. The first-order valence-corrected chi connectivity index (χ1v) is 10.5. The molecular formula is C22H27NO3S. The Labute approximate surface area is 165 Å². The van der Waals surface area contributed by atoms with Gasteiger partial charge in [0, 0.05) is 23.4 Å². The van der Waals surface area contributed by atoms with Crippen molar-refractivity contribution in [2.45, 2.75) is 31.6 Å². The fourth-order valence-corrected chi connectivity index (χ4v) is 4.67. The number of carbonyl (C=O) groups is 1. The van der Waals surface area contributed by atoms with Gasteiger partial charge in [-0.3, -0.25) is 4.79 Å². The predicted octanol–water partition coefficient (Wildman–Crippen LogP) is 4.93. The van der Waals surface area contributed by atoms with Crippen LogP contribution in [0.3, 0.4) is 0 Å². The fourth-order valence-electron chi connectivity index (χ4n) is 3.40. The van der Waals surface area contributed by atoms with Crippen LogP contribution in [0, 0.1) is 0 Å². The van der Waals surface area contributed by atoms with Crippen LogP contribution in [-0.4, -0.2) is 37.3 Å². The molecule has 0 bridgehead atoms. The lowest BCUT2D eigenvalue weighted by Gasteiger charge is -2.26. The van der Waals surface area contributed by atoms with E-state index in [1.165, 1.54) is 18.4 Å². The Bertz CT molecular complexity index is 776. The summed E-state index contributed by atoms with van der Waals surface area (Å²) in [6.07, 6.45) is 3.41. The van der Waals surface area contributed by atoms with Gasteiger partial charge < -0.3 is 14.4 Å². The van der Waals surface area contributed by atoms with Crippen LogP contribution in [0.25, 0.3) is 0 Å². The van der Waals surface area contributed by atoms with Gasteiger partial charge in [0.05, 0.1) is 14.2 Å². The average molecular weight is 386 g/mol. The summed E-state index contributed by atoms with van der Waals surface area (Å²) in [6.45, 7) is 2.92. The lowest BCUT2D eigenvalue weighted by Crippen LogP contribution is -2.30. The number of amides is 1. The van der Waals surface area contributed by atoms with Crippen LogP contribution in [0.5, 0.6) is 11.5 Å². The number of nitrogens with zero attached hydrogens (tertiary/aromatic N) is 1. The molecule has 1 aliphatic rings.